The maximum Gasteiger partial charge on any atom is 0.225 e. The van der Waals surface area contributed by atoms with Crippen LogP contribution in [0.1, 0.15) is 67.1 Å². The standard InChI is InChI=1S/C25H31N6PS/c1-16-17(22(27)19-7-11-29-24(30-19)31-13-4-10-28-12-14-31)5-2-8-25(16)9-3-6-20-21(25)18(15-26)23(32)33-20/h7,11,27-28H,2-6,8-10,12-14,32H2,1H3. The number of hydrogen-bond acceptors (Lipinski definition) is 7. The predicted molar refractivity (Wildman–Crippen MR) is 138 cm³/mol. The van der Waals surface area contributed by atoms with Crippen LogP contribution in [0.4, 0.5) is 5.95 Å². The van der Waals surface area contributed by atoms with Gasteiger partial charge in [0.25, 0.3) is 0 Å². The number of hydrogen-bond donors (Lipinski definition) is 2. The molecule has 2 N–H and O–H groups in total. The summed E-state index contributed by atoms with van der Waals surface area (Å²) in [5.41, 5.74) is 5.61. The minimum Gasteiger partial charge on any atom is -0.339 e. The Morgan fingerprint density at radius 1 is 1.24 bits per heavy atom. The van der Waals surface area contributed by atoms with Gasteiger partial charge in [-0.05, 0) is 75.6 Å². The molecule has 0 amide bonds. The van der Waals surface area contributed by atoms with E-state index in [-0.39, 0.29) is 5.41 Å². The number of allylic oxidation sites excluding steroid dienone is 2. The zero-order valence-electron chi connectivity index (χ0n) is 19.2. The molecule has 1 aliphatic heterocycles. The summed E-state index contributed by atoms with van der Waals surface area (Å²) in [6, 6.07) is 4.38. The summed E-state index contributed by atoms with van der Waals surface area (Å²) in [5, 5.41) is 22.5. The van der Waals surface area contributed by atoms with E-state index in [1.807, 2.05) is 6.07 Å². The Morgan fingerprint density at radius 2 is 2.06 bits per heavy atom. The summed E-state index contributed by atoms with van der Waals surface area (Å²) in [7, 11) is 2.78. The van der Waals surface area contributed by atoms with Gasteiger partial charge in [0.05, 0.1) is 17.0 Å². The van der Waals surface area contributed by atoms with Crippen molar-refractivity contribution in [2.45, 2.75) is 57.3 Å². The molecule has 2 aromatic rings. The number of fused-ring (bicyclic) bond motifs is 2. The fourth-order valence-electron chi connectivity index (χ4n) is 5.97. The molecule has 8 heteroatoms. The average molecular weight is 479 g/mol. The lowest BCUT2D eigenvalue weighted by atomic mass is 9.60. The maximum absolute atomic E-state index is 9.95. The second-order valence-corrected chi connectivity index (χ2v) is 11.5. The number of rotatable bonds is 3. The van der Waals surface area contributed by atoms with Crippen LogP contribution in [0.5, 0.6) is 0 Å². The van der Waals surface area contributed by atoms with Crippen LogP contribution in [0, 0.1) is 16.7 Å². The zero-order chi connectivity index (χ0) is 23.0. The zero-order valence-corrected chi connectivity index (χ0v) is 21.2. The van der Waals surface area contributed by atoms with E-state index in [1.165, 1.54) is 16.0 Å². The van der Waals surface area contributed by atoms with E-state index >= 15 is 0 Å². The van der Waals surface area contributed by atoms with Crippen molar-refractivity contribution in [3.05, 3.63) is 45.1 Å². The highest BCUT2D eigenvalue weighted by Crippen LogP contribution is 2.53. The number of thiophene rings is 1. The largest absolute Gasteiger partial charge is 0.339 e. The van der Waals surface area contributed by atoms with Crippen molar-refractivity contribution in [2.75, 3.05) is 31.1 Å². The summed E-state index contributed by atoms with van der Waals surface area (Å²) in [5.74, 6) is 0.724. The highest BCUT2D eigenvalue weighted by atomic mass is 32.1. The second kappa shape index (κ2) is 9.25. The number of anilines is 1. The smallest absolute Gasteiger partial charge is 0.225 e. The molecule has 0 radical (unpaired) electrons. The summed E-state index contributed by atoms with van der Waals surface area (Å²) in [6.07, 6.45) is 9.13. The van der Waals surface area contributed by atoms with Crippen LogP contribution in [-0.2, 0) is 11.8 Å². The molecular weight excluding hydrogens is 447 g/mol. The lowest BCUT2D eigenvalue weighted by Gasteiger charge is -2.43. The SMILES string of the molecule is CC1=C(C(=N)c2ccnc(N3CCCNCC3)n2)CCCC12CCCc1sc(P)c(C#N)c12. The topological polar surface area (TPSA) is 88.7 Å². The Labute approximate surface area is 202 Å². The number of nitrogens with one attached hydrogen (secondary N) is 2. The van der Waals surface area contributed by atoms with Crippen molar-refractivity contribution in [3.8, 4) is 6.07 Å². The van der Waals surface area contributed by atoms with Crippen molar-refractivity contribution in [3.63, 3.8) is 0 Å². The van der Waals surface area contributed by atoms with Gasteiger partial charge in [-0.3, -0.25) is 5.41 Å². The second-order valence-electron chi connectivity index (χ2n) is 9.35. The summed E-state index contributed by atoms with van der Waals surface area (Å²) in [6.45, 7) is 5.98. The van der Waals surface area contributed by atoms with Gasteiger partial charge in [0.1, 0.15) is 6.07 Å². The Bertz CT molecular complexity index is 1150. The maximum atomic E-state index is 9.95. The minimum absolute atomic E-state index is 0.115. The first-order chi connectivity index (χ1) is 16.0. The molecule has 2 atom stereocenters. The van der Waals surface area contributed by atoms with Crippen LogP contribution in [0.15, 0.2) is 23.4 Å². The molecule has 3 heterocycles. The Kier molecular flexibility index (Phi) is 6.35. The third kappa shape index (κ3) is 3.93. The fourth-order valence-corrected chi connectivity index (χ4v) is 7.77. The van der Waals surface area contributed by atoms with E-state index in [4.69, 9.17) is 10.4 Å². The molecule has 0 aromatic carbocycles. The monoisotopic (exact) mass is 478 g/mol. The van der Waals surface area contributed by atoms with Gasteiger partial charge < -0.3 is 10.2 Å². The van der Waals surface area contributed by atoms with Gasteiger partial charge >= 0.3 is 0 Å². The molecule has 33 heavy (non-hydrogen) atoms. The van der Waals surface area contributed by atoms with E-state index in [2.05, 4.69) is 37.4 Å². The number of nitrogens with zero attached hydrogens (tertiary/aromatic N) is 4. The molecule has 6 nitrogen and oxygen atoms in total. The van der Waals surface area contributed by atoms with Crippen molar-refractivity contribution in [1.82, 2.24) is 15.3 Å². The predicted octanol–water partition coefficient (Wildman–Crippen LogP) is 3.85. The van der Waals surface area contributed by atoms with Crippen LogP contribution in [0.25, 0.3) is 0 Å². The fraction of sp³-hybridized carbons (Fsp3) is 0.520. The molecule has 5 rings (SSSR count). The van der Waals surface area contributed by atoms with Crippen LogP contribution >= 0.6 is 20.6 Å². The molecule has 1 saturated heterocycles. The summed E-state index contributed by atoms with van der Waals surface area (Å²) >= 11 is 1.77. The van der Waals surface area contributed by atoms with Gasteiger partial charge in [0.15, 0.2) is 0 Å². The van der Waals surface area contributed by atoms with Crippen molar-refractivity contribution < 1.29 is 0 Å². The molecule has 3 aliphatic rings. The van der Waals surface area contributed by atoms with Crippen LogP contribution in [0.3, 0.4) is 0 Å². The highest BCUT2D eigenvalue weighted by molar-refractivity contribution is 7.43. The average Bonchev–Trinajstić information content (AvgIpc) is 2.99. The van der Waals surface area contributed by atoms with Crippen molar-refractivity contribution >= 4 is 36.9 Å². The molecule has 1 spiro atoms. The lowest BCUT2D eigenvalue weighted by Crippen LogP contribution is -2.36. The summed E-state index contributed by atoms with van der Waals surface area (Å²) in [4.78, 5) is 13.0. The number of aromatic nitrogens is 2. The Hall–Kier alpha value is -2.13. The van der Waals surface area contributed by atoms with E-state index in [9.17, 15) is 5.26 Å². The minimum atomic E-state index is -0.115. The van der Waals surface area contributed by atoms with E-state index in [0.717, 1.165) is 92.8 Å². The Balaban J connectivity index is 1.54. The molecular formula is C25H31N6PS. The Morgan fingerprint density at radius 3 is 2.88 bits per heavy atom. The number of nitriles is 1. The third-order valence-corrected chi connectivity index (χ3v) is 9.35. The van der Waals surface area contributed by atoms with Gasteiger partial charge in [-0.25, -0.2) is 9.97 Å². The van der Waals surface area contributed by atoms with Crippen molar-refractivity contribution in [2.24, 2.45) is 0 Å². The van der Waals surface area contributed by atoms with E-state index in [0.29, 0.717) is 11.4 Å². The van der Waals surface area contributed by atoms with E-state index < -0.39 is 0 Å². The quantitative estimate of drug-likeness (QED) is 0.517. The van der Waals surface area contributed by atoms with Crippen LogP contribution < -0.4 is 14.8 Å². The molecule has 0 bridgehead atoms. The van der Waals surface area contributed by atoms with Crippen LogP contribution in [0.2, 0.25) is 0 Å². The molecule has 1 fully saturated rings. The first-order valence-electron chi connectivity index (χ1n) is 11.9. The van der Waals surface area contributed by atoms with Gasteiger partial charge in [0.2, 0.25) is 5.95 Å². The van der Waals surface area contributed by atoms with Crippen molar-refractivity contribution in [1.29, 1.82) is 10.7 Å². The first kappa shape index (κ1) is 22.7. The highest BCUT2D eigenvalue weighted by Gasteiger charge is 2.44. The van der Waals surface area contributed by atoms with Gasteiger partial charge in [-0.1, -0.05) is 14.8 Å². The summed E-state index contributed by atoms with van der Waals surface area (Å²) < 4.78 is 1.06. The lowest BCUT2D eigenvalue weighted by molar-refractivity contribution is 0.365. The first-order valence-corrected chi connectivity index (χ1v) is 13.3. The molecule has 2 aliphatic carbocycles. The van der Waals surface area contributed by atoms with Gasteiger partial charge in [0, 0.05) is 40.7 Å². The van der Waals surface area contributed by atoms with E-state index in [1.54, 1.807) is 17.5 Å². The molecule has 2 unspecified atom stereocenters. The number of aryl methyl sites for hydroxylation is 1. The van der Waals surface area contributed by atoms with Gasteiger partial charge in [-0.2, -0.15) is 5.26 Å². The molecule has 0 saturated carbocycles. The van der Waals surface area contributed by atoms with Gasteiger partial charge in [-0.15, -0.1) is 11.3 Å². The third-order valence-electron chi connectivity index (χ3n) is 7.63. The van der Waals surface area contributed by atoms with Crippen LogP contribution in [-0.4, -0.2) is 41.9 Å². The normalized spacial score (nSPS) is 23.2. The molecule has 2 aromatic heterocycles. The molecule has 172 valence electrons.